The van der Waals surface area contributed by atoms with E-state index in [2.05, 4.69) is 252 Å². The van der Waals surface area contributed by atoms with Crippen molar-refractivity contribution in [2.45, 2.75) is 19.3 Å². The van der Waals surface area contributed by atoms with E-state index in [-0.39, 0.29) is 5.41 Å². The van der Waals surface area contributed by atoms with Gasteiger partial charge in [-0.2, -0.15) is 0 Å². The highest BCUT2D eigenvalue weighted by Crippen LogP contribution is 2.50. The Hall–Kier alpha value is -8.40. The number of nitrogens with zero attached hydrogens (tertiary/aromatic N) is 3. The zero-order chi connectivity index (χ0) is 43.7. The standard InChI is InChI=1S/C63H43N3/c1-63(2)55-25-9-6-17-47(55)54-39-42(33-38-56(54)63)40-29-34-44(35-30-40)64(59-28-14-24-53-52-23-13-22-51-49-19-8-11-27-58(49)66(61(51)52)62(53)59)45-36-31-41(32-37-45)46-20-12-21-50-48-18-7-10-26-57(48)65(60(46)50)43-15-4-3-5-16-43/h3-39H,1-2H3. The van der Waals surface area contributed by atoms with Gasteiger partial charge in [-0.1, -0.05) is 178 Å². The fraction of sp³-hybridized carbons (Fsp3) is 0.0476. The van der Waals surface area contributed by atoms with Crippen LogP contribution >= 0.6 is 0 Å². The number of aromatic nitrogens is 2. The molecule has 3 nitrogen and oxygen atoms in total. The minimum Gasteiger partial charge on any atom is -0.309 e. The number of anilines is 3. The summed E-state index contributed by atoms with van der Waals surface area (Å²) < 4.78 is 4.93. The predicted octanol–water partition coefficient (Wildman–Crippen LogP) is 17.0. The Kier molecular flexibility index (Phi) is 7.74. The molecule has 3 aromatic heterocycles. The summed E-state index contributed by atoms with van der Waals surface area (Å²) in [6, 6.07) is 83.1. The minimum absolute atomic E-state index is 0.0244. The van der Waals surface area contributed by atoms with Gasteiger partial charge < -0.3 is 13.9 Å². The Morgan fingerprint density at radius 1 is 0.348 bits per heavy atom. The molecule has 0 saturated heterocycles. The summed E-state index contributed by atoms with van der Waals surface area (Å²) in [6.07, 6.45) is 0. The first kappa shape index (κ1) is 37.0. The van der Waals surface area contributed by atoms with Crippen LogP contribution in [-0.4, -0.2) is 8.97 Å². The van der Waals surface area contributed by atoms with E-state index >= 15 is 0 Å². The van der Waals surface area contributed by atoms with Gasteiger partial charge in [0.1, 0.15) is 0 Å². The van der Waals surface area contributed by atoms with Crippen LogP contribution in [0.3, 0.4) is 0 Å². The third-order valence-electron chi connectivity index (χ3n) is 14.7. The second-order valence-corrected chi connectivity index (χ2v) is 18.5. The summed E-state index contributed by atoms with van der Waals surface area (Å²) in [6.45, 7) is 4.69. The van der Waals surface area contributed by atoms with Gasteiger partial charge >= 0.3 is 0 Å². The van der Waals surface area contributed by atoms with Crippen molar-refractivity contribution in [2.24, 2.45) is 0 Å². The maximum absolute atomic E-state index is 2.51. The van der Waals surface area contributed by atoms with Gasteiger partial charge in [-0.25, -0.2) is 0 Å². The molecule has 0 amide bonds. The summed E-state index contributed by atoms with van der Waals surface area (Å²) in [5.74, 6) is 0. The first-order chi connectivity index (χ1) is 32.5. The van der Waals surface area contributed by atoms with Crippen molar-refractivity contribution in [3.8, 4) is 39.1 Å². The molecule has 3 heterocycles. The van der Waals surface area contributed by atoms with Crippen LogP contribution in [0.25, 0.3) is 99.0 Å². The Bertz CT molecular complexity index is 4060. The lowest BCUT2D eigenvalue weighted by atomic mass is 9.82. The van der Waals surface area contributed by atoms with E-state index in [9.17, 15) is 0 Å². The van der Waals surface area contributed by atoms with Gasteiger partial charge in [0.15, 0.2) is 0 Å². The molecule has 0 bridgehead atoms. The van der Waals surface area contributed by atoms with Crippen LogP contribution in [0.4, 0.5) is 17.1 Å². The molecule has 3 heteroatoms. The summed E-state index contributed by atoms with van der Waals surface area (Å²) >= 11 is 0. The highest BCUT2D eigenvalue weighted by molar-refractivity contribution is 6.25. The van der Waals surface area contributed by atoms with Crippen molar-refractivity contribution in [3.05, 3.63) is 236 Å². The van der Waals surface area contributed by atoms with Crippen LogP contribution < -0.4 is 4.90 Å². The zero-order valence-electron chi connectivity index (χ0n) is 36.7. The maximum Gasteiger partial charge on any atom is 0.0782 e. The van der Waals surface area contributed by atoms with Crippen LogP contribution in [-0.2, 0) is 5.41 Å². The molecule has 310 valence electrons. The van der Waals surface area contributed by atoms with E-state index in [0.717, 1.165) is 22.7 Å². The second-order valence-electron chi connectivity index (χ2n) is 18.5. The van der Waals surface area contributed by atoms with Crippen LogP contribution in [0, 0.1) is 0 Å². The number of para-hydroxylation sites is 6. The van der Waals surface area contributed by atoms with E-state index in [0.29, 0.717) is 0 Å². The highest BCUT2D eigenvalue weighted by atomic mass is 15.2. The summed E-state index contributed by atoms with van der Waals surface area (Å²) in [7, 11) is 0. The fourth-order valence-corrected chi connectivity index (χ4v) is 11.6. The van der Waals surface area contributed by atoms with Gasteiger partial charge in [0.2, 0.25) is 0 Å². The molecule has 1 aliphatic rings. The fourth-order valence-electron chi connectivity index (χ4n) is 11.6. The molecule has 1 aliphatic carbocycles. The molecule has 0 atom stereocenters. The smallest absolute Gasteiger partial charge is 0.0782 e. The van der Waals surface area contributed by atoms with Gasteiger partial charge in [-0.3, -0.25) is 0 Å². The Labute approximate surface area is 383 Å². The molecule has 0 spiro atoms. The maximum atomic E-state index is 2.51. The largest absolute Gasteiger partial charge is 0.309 e. The van der Waals surface area contributed by atoms with Crippen LogP contribution in [0.1, 0.15) is 25.0 Å². The SMILES string of the molecule is CC1(C)c2ccccc2-c2cc(-c3ccc(N(c4ccc(-c5cccc6c7ccccc7n(-c7ccccc7)c56)cc4)c4cccc5c6cccc7c8ccccc8n(c45)c76)cc3)ccc21. The van der Waals surface area contributed by atoms with Crippen molar-refractivity contribution in [2.75, 3.05) is 4.90 Å². The molecule has 0 radical (unpaired) electrons. The van der Waals surface area contributed by atoms with Gasteiger partial charge in [0, 0.05) is 60.4 Å². The molecular formula is C63H43N3. The van der Waals surface area contributed by atoms with Crippen LogP contribution in [0.5, 0.6) is 0 Å². The molecule has 13 aromatic rings. The number of benzene rings is 10. The van der Waals surface area contributed by atoms with Crippen LogP contribution in [0.15, 0.2) is 224 Å². The molecule has 0 saturated carbocycles. The minimum atomic E-state index is -0.0244. The summed E-state index contributed by atoms with van der Waals surface area (Å²) in [5.41, 5.74) is 20.8. The first-order valence-electron chi connectivity index (χ1n) is 23.0. The molecule has 0 unspecified atom stereocenters. The lowest BCUT2D eigenvalue weighted by molar-refractivity contribution is 0.660. The van der Waals surface area contributed by atoms with Gasteiger partial charge in [-0.15, -0.1) is 0 Å². The number of hydrogen-bond donors (Lipinski definition) is 0. The highest BCUT2D eigenvalue weighted by Gasteiger charge is 2.35. The monoisotopic (exact) mass is 841 g/mol. The van der Waals surface area contributed by atoms with E-state index in [1.165, 1.54) is 104 Å². The molecule has 66 heavy (non-hydrogen) atoms. The molecule has 10 aromatic carbocycles. The summed E-state index contributed by atoms with van der Waals surface area (Å²) in [5, 5.41) is 7.58. The van der Waals surface area contributed by atoms with Crippen molar-refractivity contribution in [1.29, 1.82) is 0 Å². The Balaban J connectivity index is 0.957. The first-order valence-corrected chi connectivity index (χ1v) is 23.0. The van der Waals surface area contributed by atoms with Crippen molar-refractivity contribution < 1.29 is 0 Å². The van der Waals surface area contributed by atoms with E-state index in [4.69, 9.17) is 0 Å². The van der Waals surface area contributed by atoms with Crippen LogP contribution in [0.2, 0.25) is 0 Å². The predicted molar refractivity (Wildman–Crippen MR) is 279 cm³/mol. The Morgan fingerprint density at radius 3 is 1.62 bits per heavy atom. The third-order valence-corrected chi connectivity index (χ3v) is 14.7. The molecule has 0 fully saturated rings. The van der Waals surface area contributed by atoms with Crippen molar-refractivity contribution >= 4 is 77.0 Å². The lowest BCUT2D eigenvalue weighted by Gasteiger charge is -2.27. The Morgan fingerprint density at radius 2 is 0.864 bits per heavy atom. The van der Waals surface area contributed by atoms with Gasteiger partial charge in [-0.05, 0) is 99.6 Å². The number of rotatable bonds is 6. The quantitative estimate of drug-likeness (QED) is 0.162. The van der Waals surface area contributed by atoms with Crippen molar-refractivity contribution in [3.63, 3.8) is 0 Å². The van der Waals surface area contributed by atoms with Gasteiger partial charge in [0.05, 0.1) is 33.3 Å². The molecule has 0 aliphatic heterocycles. The van der Waals surface area contributed by atoms with E-state index < -0.39 is 0 Å². The molecule has 0 N–H and O–H groups in total. The topological polar surface area (TPSA) is 12.6 Å². The van der Waals surface area contributed by atoms with E-state index in [1.54, 1.807) is 0 Å². The summed E-state index contributed by atoms with van der Waals surface area (Å²) in [4.78, 5) is 2.46. The second kappa shape index (κ2) is 13.8. The molecular weight excluding hydrogens is 799 g/mol. The van der Waals surface area contributed by atoms with Crippen molar-refractivity contribution in [1.82, 2.24) is 8.97 Å². The number of hydrogen-bond acceptors (Lipinski definition) is 1. The zero-order valence-corrected chi connectivity index (χ0v) is 36.7. The normalized spacial score (nSPS) is 13.1. The van der Waals surface area contributed by atoms with Gasteiger partial charge in [0.25, 0.3) is 0 Å². The average Bonchev–Trinajstić information content (AvgIpc) is 4.08. The van der Waals surface area contributed by atoms with E-state index in [1.807, 2.05) is 0 Å². The average molecular weight is 842 g/mol. The lowest BCUT2D eigenvalue weighted by Crippen LogP contribution is -2.14. The third kappa shape index (κ3) is 5.14. The molecule has 14 rings (SSSR count). The number of fused-ring (bicyclic) bond motifs is 12.